The van der Waals surface area contributed by atoms with Crippen molar-refractivity contribution in [1.82, 2.24) is 9.80 Å². The fraction of sp³-hybridized carbons (Fsp3) is 0.414. The Morgan fingerprint density at radius 1 is 0.912 bits per heavy atom. The topological polar surface area (TPSA) is 32.8 Å². The van der Waals surface area contributed by atoms with Crippen molar-refractivity contribution in [3.8, 4) is 5.75 Å². The molecule has 2 aromatic carbocycles. The van der Waals surface area contributed by atoms with Gasteiger partial charge in [-0.05, 0) is 79.4 Å². The van der Waals surface area contributed by atoms with Crippen LogP contribution in [0.1, 0.15) is 52.4 Å². The lowest BCUT2D eigenvalue weighted by atomic mass is 9.89. The molecule has 2 saturated heterocycles. The molecule has 2 aliphatic heterocycles. The molecule has 3 aromatic rings. The number of ether oxygens (including phenoxy) is 1. The highest BCUT2D eigenvalue weighted by Gasteiger charge is 2.25. The maximum atomic E-state index is 12.7. The van der Waals surface area contributed by atoms with Gasteiger partial charge in [-0.1, -0.05) is 48.5 Å². The molecule has 0 unspecified atom stereocenters. The standard InChI is InChI=1S/C29H34N2O2S/c32-29(28-9-5-19-34-28)31-16-4-6-24(21-31)22-33-27-12-10-23(11-13-27)20-30-17-14-26(15-18-30)25-7-2-1-3-8-25/h1-3,5,7-13,19,24,26H,4,6,14-18,20-22H2/t24-/m1/s1. The van der Waals surface area contributed by atoms with Crippen molar-refractivity contribution in [2.45, 2.75) is 38.1 Å². The first-order valence-corrected chi connectivity index (χ1v) is 13.4. The maximum Gasteiger partial charge on any atom is 0.263 e. The second-order valence-electron chi connectivity index (χ2n) is 9.65. The number of likely N-dealkylation sites (tertiary alicyclic amines) is 2. The van der Waals surface area contributed by atoms with E-state index >= 15 is 0 Å². The molecule has 0 aliphatic carbocycles. The van der Waals surface area contributed by atoms with E-state index in [-0.39, 0.29) is 5.91 Å². The highest BCUT2D eigenvalue weighted by atomic mass is 32.1. The minimum atomic E-state index is 0.164. The van der Waals surface area contributed by atoms with Gasteiger partial charge in [0.15, 0.2) is 0 Å². The number of carbonyl (C=O) groups excluding carboxylic acids is 1. The van der Waals surface area contributed by atoms with E-state index < -0.39 is 0 Å². The number of hydrogen-bond donors (Lipinski definition) is 0. The van der Waals surface area contributed by atoms with Crippen LogP contribution in [0.4, 0.5) is 0 Å². The summed E-state index contributed by atoms with van der Waals surface area (Å²) >= 11 is 1.52. The molecule has 2 fully saturated rings. The van der Waals surface area contributed by atoms with Crippen molar-refractivity contribution in [3.05, 3.63) is 88.1 Å². The summed E-state index contributed by atoms with van der Waals surface area (Å²) in [6.45, 7) is 5.61. The zero-order valence-corrected chi connectivity index (χ0v) is 20.6. The fourth-order valence-corrected chi connectivity index (χ4v) is 5.95. The molecule has 5 heteroatoms. The number of thiophene rings is 1. The molecule has 1 aromatic heterocycles. The van der Waals surface area contributed by atoms with Crippen molar-refractivity contribution in [3.63, 3.8) is 0 Å². The van der Waals surface area contributed by atoms with Crippen LogP contribution in [0.2, 0.25) is 0 Å². The Labute approximate surface area is 207 Å². The van der Waals surface area contributed by atoms with E-state index in [4.69, 9.17) is 4.74 Å². The van der Waals surface area contributed by atoms with Crippen LogP contribution in [0, 0.1) is 5.92 Å². The molecular formula is C29H34N2O2S. The number of amides is 1. The third-order valence-electron chi connectivity index (χ3n) is 7.21. The first-order chi connectivity index (χ1) is 16.7. The summed E-state index contributed by atoms with van der Waals surface area (Å²) in [5.41, 5.74) is 2.83. The number of rotatable bonds is 7. The third kappa shape index (κ3) is 5.89. The van der Waals surface area contributed by atoms with Crippen LogP contribution in [-0.2, 0) is 6.54 Å². The number of nitrogens with zero attached hydrogens (tertiary/aromatic N) is 2. The molecule has 0 spiro atoms. The lowest BCUT2D eigenvalue weighted by Crippen LogP contribution is -2.41. The number of benzene rings is 2. The van der Waals surface area contributed by atoms with Gasteiger partial charge < -0.3 is 9.64 Å². The summed E-state index contributed by atoms with van der Waals surface area (Å²) in [4.78, 5) is 18.1. The van der Waals surface area contributed by atoms with Gasteiger partial charge >= 0.3 is 0 Å². The van der Waals surface area contributed by atoms with Crippen molar-refractivity contribution >= 4 is 17.2 Å². The van der Waals surface area contributed by atoms with Crippen LogP contribution in [0.15, 0.2) is 72.1 Å². The van der Waals surface area contributed by atoms with Gasteiger partial charge in [0.25, 0.3) is 5.91 Å². The largest absolute Gasteiger partial charge is 0.493 e. The zero-order chi connectivity index (χ0) is 23.2. The summed E-state index contributed by atoms with van der Waals surface area (Å²) in [6.07, 6.45) is 4.63. The Bertz CT molecular complexity index is 1030. The molecule has 1 amide bonds. The van der Waals surface area contributed by atoms with Gasteiger partial charge in [0, 0.05) is 25.6 Å². The van der Waals surface area contributed by atoms with E-state index in [9.17, 15) is 4.79 Å². The third-order valence-corrected chi connectivity index (χ3v) is 8.07. The van der Waals surface area contributed by atoms with Gasteiger partial charge in [-0.2, -0.15) is 0 Å². The lowest BCUT2D eigenvalue weighted by Gasteiger charge is -2.32. The van der Waals surface area contributed by atoms with Gasteiger partial charge in [-0.15, -0.1) is 11.3 Å². The molecule has 178 valence electrons. The summed E-state index contributed by atoms with van der Waals surface area (Å²) in [6, 6.07) is 23.4. The Hall–Kier alpha value is -2.63. The molecule has 34 heavy (non-hydrogen) atoms. The Morgan fingerprint density at radius 2 is 1.71 bits per heavy atom. The highest BCUT2D eigenvalue weighted by Crippen LogP contribution is 2.29. The first-order valence-electron chi connectivity index (χ1n) is 12.6. The fourth-order valence-electron chi connectivity index (χ4n) is 5.25. The summed E-state index contributed by atoms with van der Waals surface area (Å²) in [5, 5.41) is 1.97. The average molecular weight is 475 g/mol. The Balaban J connectivity index is 1.06. The van der Waals surface area contributed by atoms with Crippen LogP contribution in [0.5, 0.6) is 5.75 Å². The van der Waals surface area contributed by atoms with Gasteiger partial charge in [0.05, 0.1) is 11.5 Å². The molecule has 3 heterocycles. The van der Waals surface area contributed by atoms with Gasteiger partial charge in [-0.3, -0.25) is 9.69 Å². The minimum Gasteiger partial charge on any atom is -0.493 e. The normalized spacial score (nSPS) is 19.8. The van der Waals surface area contributed by atoms with Crippen molar-refractivity contribution < 1.29 is 9.53 Å². The molecule has 0 N–H and O–H groups in total. The SMILES string of the molecule is O=C(c1cccs1)N1CCC[C@@H](COc2ccc(CN3CCC(c4ccccc4)CC3)cc2)C1. The molecule has 0 saturated carbocycles. The van der Waals surface area contributed by atoms with Gasteiger partial charge in [-0.25, -0.2) is 0 Å². The van der Waals surface area contributed by atoms with Gasteiger partial charge in [0.2, 0.25) is 0 Å². The Kier molecular flexibility index (Phi) is 7.62. The van der Waals surface area contributed by atoms with Crippen LogP contribution in [0.3, 0.4) is 0 Å². The van der Waals surface area contributed by atoms with Crippen LogP contribution >= 0.6 is 11.3 Å². The highest BCUT2D eigenvalue weighted by molar-refractivity contribution is 7.12. The van der Waals surface area contributed by atoms with Crippen LogP contribution in [-0.4, -0.2) is 48.5 Å². The van der Waals surface area contributed by atoms with Crippen molar-refractivity contribution in [2.24, 2.45) is 5.92 Å². The second kappa shape index (κ2) is 11.2. The minimum absolute atomic E-state index is 0.164. The molecular weight excluding hydrogens is 440 g/mol. The van der Waals surface area contributed by atoms with Crippen LogP contribution in [0.25, 0.3) is 0 Å². The maximum absolute atomic E-state index is 12.7. The number of hydrogen-bond acceptors (Lipinski definition) is 4. The van der Waals surface area contributed by atoms with E-state index in [1.807, 2.05) is 22.4 Å². The molecule has 2 aliphatic rings. The van der Waals surface area contributed by atoms with Crippen molar-refractivity contribution in [1.29, 1.82) is 0 Å². The Morgan fingerprint density at radius 3 is 2.44 bits per heavy atom. The summed E-state index contributed by atoms with van der Waals surface area (Å²) in [5.74, 6) is 2.18. The molecule has 4 nitrogen and oxygen atoms in total. The number of piperidine rings is 2. The lowest BCUT2D eigenvalue weighted by molar-refractivity contribution is 0.0638. The van der Waals surface area contributed by atoms with E-state index in [2.05, 4.69) is 59.5 Å². The van der Waals surface area contributed by atoms with Gasteiger partial charge in [0.1, 0.15) is 5.75 Å². The average Bonchev–Trinajstić information content (AvgIpc) is 3.44. The molecule has 0 radical (unpaired) electrons. The predicted octanol–water partition coefficient (Wildman–Crippen LogP) is 6.06. The smallest absolute Gasteiger partial charge is 0.263 e. The van der Waals surface area contributed by atoms with E-state index in [1.165, 1.54) is 35.3 Å². The summed E-state index contributed by atoms with van der Waals surface area (Å²) < 4.78 is 6.12. The van der Waals surface area contributed by atoms with E-state index in [1.54, 1.807) is 0 Å². The van der Waals surface area contributed by atoms with Crippen molar-refractivity contribution in [2.75, 3.05) is 32.8 Å². The monoisotopic (exact) mass is 474 g/mol. The quantitative estimate of drug-likeness (QED) is 0.417. The number of carbonyl (C=O) groups is 1. The zero-order valence-electron chi connectivity index (χ0n) is 19.8. The van der Waals surface area contributed by atoms with E-state index in [0.717, 1.165) is 56.2 Å². The van der Waals surface area contributed by atoms with Crippen LogP contribution < -0.4 is 4.74 Å². The predicted molar refractivity (Wildman–Crippen MR) is 139 cm³/mol. The summed E-state index contributed by atoms with van der Waals surface area (Å²) in [7, 11) is 0. The molecule has 0 bridgehead atoms. The van der Waals surface area contributed by atoms with E-state index in [0.29, 0.717) is 18.4 Å². The first kappa shape index (κ1) is 23.1. The molecule has 1 atom stereocenters. The molecule has 5 rings (SSSR count). The second-order valence-corrected chi connectivity index (χ2v) is 10.6.